The molecule has 116 valence electrons. The van der Waals surface area contributed by atoms with Crippen molar-refractivity contribution < 1.29 is 9.53 Å². The number of carbonyl (C=O) groups is 1. The van der Waals surface area contributed by atoms with Gasteiger partial charge in [0.1, 0.15) is 16.8 Å². The third kappa shape index (κ3) is 3.02. The van der Waals surface area contributed by atoms with Gasteiger partial charge in [-0.05, 0) is 33.1 Å². The van der Waals surface area contributed by atoms with Gasteiger partial charge < -0.3 is 15.4 Å². The van der Waals surface area contributed by atoms with Crippen LogP contribution < -0.4 is 10.6 Å². The van der Waals surface area contributed by atoms with Crippen LogP contribution in [0.1, 0.15) is 37.4 Å². The molecule has 1 aliphatic rings. The van der Waals surface area contributed by atoms with Crippen LogP contribution in [0.2, 0.25) is 0 Å². The third-order valence-electron chi connectivity index (χ3n) is 3.77. The van der Waals surface area contributed by atoms with E-state index in [1.165, 1.54) is 0 Å². The number of piperidine rings is 1. The molecular weight excluding hydrogens is 288 g/mol. The molecule has 0 radical (unpaired) electrons. The van der Waals surface area contributed by atoms with Crippen LogP contribution in [0, 0.1) is 6.92 Å². The fourth-order valence-electron chi connectivity index (χ4n) is 2.93. The molecule has 1 aliphatic heterocycles. The van der Waals surface area contributed by atoms with Gasteiger partial charge in [-0.15, -0.1) is 0 Å². The first-order valence-corrected chi connectivity index (χ1v) is 7.64. The minimum atomic E-state index is -0.290. The maximum absolute atomic E-state index is 12.2. The fraction of sp³-hybridized carbons (Fsp3) is 0.643. The quantitative estimate of drug-likeness (QED) is 0.667. The number of esters is 1. The molecule has 21 heavy (non-hydrogen) atoms. The number of thiocarbonyl (C=S) groups is 1. The summed E-state index contributed by atoms with van der Waals surface area (Å²) >= 11 is 5.16. The second kappa shape index (κ2) is 6.43. The molecule has 0 aromatic carbocycles. The average molecular weight is 310 g/mol. The monoisotopic (exact) mass is 310 g/mol. The Morgan fingerprint density at radius 2 is 2.24 bits per heavy atom. The van der Waals surface area contributed by atoms with Crippen LogP contribution in [0.15, 0.2) is 0 Å². The van der Waals surface area contributed by atoms with Crippen molar-refractivity contribution in [3.05, 3.63) is 11.3 Å². The average Bonchev–Trinajstić information content (AvgIpc) is 2.73. The van der Waals surface area contributed by atoms with Crippen molar-refractivity contribution in [1.82, 2.24) is 9.78 Å². The minimum Gasteiger partial charge on any atom is -0.464 e. The normalized spacial score (nSPS) is 18.6. The Bertz CT molecular complexity index is 555. The van der Waals surface area contributed by atoms with Gasteiger partial charge in [0.15, 0.2) is 0 Å². The van der Waals surface area contributed by atoms with Crippen LogP contribution in [-0.4, -0.2) is 39.9 Å². The van der Waals surface area contributed by atoms with Gasteiger partial charge >= 0.3 is 5.97 Å². The Hall–Kier alpha value is -1.63. The molecule has 2 heterocycles. The van der Waals surface area contributed by atoms with E-state index in [1.807, 2.05) is 25.8 Å². The smallest absolute Gasteiger partial charge is 0.328 e. The maximum atomic E-state index is 12.2. The molecule has 1 aromatic heterocycles. The molecule has 6 nitrogen and oxygen atoms in total. The predicted octanol–water partition coefficient (Wildman–Crippen LogP) is 1.28. The lowest BCUT2D eigenvalue weighted by Crippen LogP contribution is -2.47. The van der Waals surface area contributed by atoms with Crippen molar-refractivity contribution in [2.45, 2.75) is 39.2 Å². The second-order valence-electron chi connectivity index (χ2n) is 5.23. The summed E-state index contributed by atoms with van der Waals surface area (Å²) in [5.41, 5.74) is 7.39. The first-order chi connectivity index (χ1) is 9.97. The number of anilines is 1. The van der Waals surface area contributed by atoms with E-state index in [0.717, 1.165) is 42.9 Å². The summed E-state index contributed by atoms with van der Waals surface area (Å²) in [4.78, 5) is 14.6. The molecule has 0 amide bonds. The number of nitrogens with zero attached hydrogens (tertiary/aromatic N) is 3. The van der Waals surface area contributed by atoms with Crippen LogP contribution in [0.25, 0.3) is 0 Å². The first-order valence-electron chi connectivity index (χ1n) is 7.24. The van der Waals surface area contributed by atoms with Crippen LogP contribution >= 0.6 is 12.2 Å². The summed E-state index contributed by atoms with van der Waals surface area (Å²) in [6.45, 7) is 4.86. The topological polar surface area (TPSA) is 73.4 Å². The van der Waals surface area contributed by atoms with E-state index in [0.29, 0.717) is 11.6 Å². The Morgan fingerprint density at radius 1 is 1.52 bits per heavy atom. The molecule has 0 saturated carbocycles. The SMILES string of the molecule is CCOC(=O)C1CCCCN1c1c(C(N)=S)c(C)nn1C. The largest absolute Gasteiger partial charge is 0.464 e. The molecule has 0 spiro atoms. The Kier molecular flexibility index (Phi) is 4.82. The van der Waals surface area contributed by atoms with Crippen molar-refractivity contribution in [2.24, 2.45) is 12.8 Å². The van der Waals surface area contributed by atoms with Gasteiger partial charge in [0.2, 0.25) is 0 Å². The van der Waals surface area contributed by atoms with Crippen LogP contribution in [0.5, 0.6) is 0 Å². The number of hydrogen-bond acceptors (Lipinski definition) is 5. The number of hydrogen-bond donors (Lipinski definition) is 1. The molecule has 0 bridgehead atoms. The van der Waals surface area contributed by atoms with Gasteiger partial charge in [0, 0.05) is 13.6 Å². The number of rotatable bonds is 4. The predicted molar refractivity (Wildman–Crippen MR) is 85.5 cm³/mol. The van der Waals surface area contributed by atoms with Gasteiger partial charge in [-0.3, -0.25) is 4.68 Å². The van der Waals surface area contributed by atoms with E-state index >= 15 is 0 Å². The number of nitrogens with two attached hydrogens (primary N) is 1. The zero-order chi connectivity index (χ0) is 15.6. The van der Waals surface area contributed by atoms with Crippen molar-refractivity contribution >= 4 is 29.0 Å². The van der Waals surface area contributed by atoms with Crippen molar-refractivity contribution in [2.75, 3.05) is 18.1 Å². The van der Waals surface area contributed by atoms with Gasteiger partial charge in [0.05, 0.1) is 17.9 Å². The van der Waals surface area contributed by atoms with Gasteiger partial charge in [-0.1, -0.05) is 12.2 Å². The highest BCUT2D eigenvalue weighted by molar-refractivity contribution is 7.80. The molecule has 1 aromatic rings. The standard InChI is InChI=1S/C14H22N4O2S/c1-4-20-14(19)10-7-5-6-8-18(10)13-11(12(15)21)9(2)16-17(13)3/h10H,4-8H2,1-3H3,(H2,15,21). The summed E-state index contributed by atoms with van der Waals surface area (Å²) in [7, 11) is 1.85. The number of carbonyl (C=O) groups excluding carboxylic acids is 1. The summed E-state index contributed by atoms with van der Waals surface area (Å²) in [6.07, 6.45) is 2.82. The van der Waals surface area contributed by atoms with Crippen LogP contribution in [-0.2, 0) is 16.6 Å². The zero-order valence-corrected chi connectivity index (χ0v) is 13.6. The number of ether oxygens (including phenoxy) is 1. The molecule has 1 saturated heterocycles. The third-order valence-corrected chi connectivity index (χ3v) is 3.98. The highest BCUT2D eigenvalue weighted by Gasteiger charge is 2.34. The second-order valence-corrected chi connectivity index (χ2v) is 5.67. The highest BCUT2D eigenvalue weighted by Crippen LogP contribution is 2.30. The lowest BCUT2D eigenvalue weighted by atomic mass is 10.0. The Balaban J connectivity index is 2.42. The molecule has 0 aliphatic carbocycles. The molecule has 2 rings (SSSR count). The fourth-order valence-corrected chi connectivity index (χ4v) is 3.17. The minimum absolute atomic E-state index is 0.190. The van der Waals surface area contributed by atoms with E-state index in [2.05, 4.69) is 5.10 Å². The summed E-state index contributed by atoms with van der Waals surface area (Å²) in [5.74, 6) is 0.627. The summed E-state index contributed by atoms with van der Waals surface area (Å²) in [5, 5.41) is 4.40. The van der Waals surface area contributed by atoms with E-state index < -0.39 is 0 Å². The van der Waals surface area contributed by atoms with Crippen molar-refractivity contribution in [3.8, 4) is 0 Å². The molecular formula is C14H22N4O2S. The van der Waals surface area contributed by atoms with Gasteiger partial charge in [0.25, 0.3) is 0 Å². The summed E-state index contributed by atoms with van der Waals surface area (Å²) < 4.78 is 6.96. The molecule has 1 fully saturated rings. The first kappa shape index (κ1) is 15.8. The van der Waals surface area contributed by atoms with Crippen molar-refractivity contribution in [3.63, 3.8) is 0 Å². The molecule has 1 unspecified atom stereocenters. The Morgan fingerprint density at radius 3 is 2.86 bits per heavy atom. The molecule has 7 heteroatoms. The molecule has 1 atom stereocenters. The summed E-state index contributed by atoms with van der Waals surface area (Å²) in [6, 6.07) is -0.290. The van der Waals surface area contributed by atoms with Crippen molar-refractivity contribution in [1.29, 1.82) is 0 Å². The van der Waals surface area contributed by atoms with Crippen LogP contribution in [0.4, 0.5) is 5.82 Å². The zero-order valence-electron chi connectivity index (χ0n) is 12.8. The van der Waals surface area contributed by atoms with E-state index in [9.17, 15) is 4.79 Å². The van der Waals surface area contributed by atoms with E-state index in [-0.39, 0.29) is 12.0 Å². The van der Waals surface area contributed by atoms with Crippen LogP contribution in [0.3, 0.4) is 0 Å². The maximum Gasteiger partial charge on any atom is 0.328 e. The number of aryl methyl sites for hydroxylation is 2. The number of aromatic nitrogens is 2. The van der Waals surface area contributed by atoms with Gasteiger partial charge in [-0.2, -0.15) is 5.10 Å². The van der Waals surface area contributed by atoms with E-state index in [4.69, 9.17) is 22.7 Å². The van der Waals surface area contributed by atoms with Gasteiger partial charge in [-0.25, -0.2) is 4.79 Å². The Labute approximate surface area is 130 Å². The lowest BCUT2D eigenvalue weighted by Gasteiger charge is -2.36. The highest BCUT2D eigenvalue weighted by atomic mass is 32.1. The lowest BCUT2D eigenvalue weighted by molar-refractivity contribution is -0.145. The van der Waals surface area contributed by atoms with E-state index in [1.54, 1.807) is 4.68 Å². The molecule has 2 N–H and O–H groups in total.